The van der Waals surface area contributed by atoms with Crippen molar-refractivity contribution in [1.82, 2.24) is 15.2 Å². The molecule has 0 radical (unpaired) electrons. The predicted molar refractivity (Wildman–Crippen MR) is 83.6 cm³/mol. The molecule has 2 aromatic heterocycles. The molecular formula is C15H14N4OS. The zero-order valence-corrected chi connectivity index (χ0v) is 12.5. The van der Waals surface area contributed by atoms with Crippen molar-refractivity contribution in [1.29, 1.82) is 0 Å². The number of nitrogens with one attached hydrogen (secondary N) is 2. The lowest BCUT2D eigenvalue weighted by Gasteiger charge is -2.06. The summed E-state index contributed by atoms with van der Waals surface area (Å²) in [6, 6.07) is 9.52. The lowest BCUT2D eigenvalue weighted by Crippen LogP contribution is -2.11. The summed E-state index contributed by atoms with van der Waals surface area (Å²) in [5.74, 6) is -0.125. The Kier molecular flexibility index (Phi) is 3.53. The Labute approximate surface area is 126 Å². The van der Waals surface area contributed by atoms with E-state index in [2.05, 4.69) is 20.5 Å². The molecule has 3 rings (SSSR count). The second-order valence-corrected chi connectivity index (χ2v) is 5.86. The fraction of sp³-hybridized carbons (Fsp3) is 0.133. The Hall–Kier alpha value is -2.47. The highest BCUT2D eigenvalue weighted by molar-refractivity contribution is 7.13. The van der Waals surface area contributed by atoms with Gasteiger partial charge >= 0.3 is 0 Å². The molecule has 1 amide bonds. The molecule has 0 aliphatic heterocycles. The fourth-order valence-corrected chi connectivity index (χ4v) is 2.93. The highest BCUT2D eigenvalue weighted by atomic mass is 32.1. The molecule has 106 valence electrons. The highest BCUT2D eigenvalue weighted by Crippen LogP contribution is 2.22. The van der Waals surface area contributed by atoms with Crippen LogP contribution in [-0.4, -0.2) is 21.1 Å². The molecule has 2 heterocycles. The summed E-state index contributed by atoms with van der Waals surface area (Å²) < 4.78 is 0. The number of hydrogen-bond donors (Lipinski definition) is 2. The number of benzene rings is 1. The third-order valence-electron chi connectivity index (χ3n) is 3.04. The number of H-pyrrole nitrogens is 1. The molecule has 0 aliphatic carbocycles. The second kappa shape index (κ2) is 5.49. The molecule has 21 heavy (non-hydrogen) atoms. The maximum atomic E-state index is 12.3. The zero-order valence-electron chi connectivity index (χ0n) is 11.7. The number of aromatic nitrogens is 3. The van der Waals surface area contributed by atoms with Gasteiger partial charge in [-0.1, -0.05) is 12.1 Å². The number of amides is 1. The van der Waals surface area contributed by atoms with Gasteiger partial charge in [0.1, 0.15) is 4.88 Å². The number of rotatable bonds is 3. The summed E-state index contributed by atoms with van der Waals surface area (Å²) in [6.07, 6.45) is 1.70. The molecule has 0 bridgehead atoms. The van der Waals surface area contributed by atoms with E-state index in [0.29, 0.717) is 4.88 Å². The van der Waals surface area contributed by atoms with Crippen molar-refractivity contribution in [3.05, 3.63) is 52.1 Å². The van der Waals surface area contributed by atoms with E-state index in [1.807, 2.05) is 44.2 Å². The number of nitrogens with zero attached hydrogens (tertiary/aromatic N) is 2. The Morgan fingerprint density at radius 1 is 1.29 bits per heavy atom. The lowest BCUT2D eigenvalue weighted by atomic mass is 10.1. The van der Waals surface area contributed by atoms with E-state index in [-0.39, 0.29) is 5.91 Å². The van der Waals surface area contributed by atoms with E-state index in [1.54, 1.807) is 6.20 Å². The highest BCUT2D eigenvalue weighted by Gasteiger charge is 2.14. The average Bonchev–Trinajstić information content (AvgIpc) is 3.08. The quantitative estimate of drug-likeness (QED) is 0.778. The number of anilines is 1. The van der Waals surface area contributed by atoms with Crippen LogP contribution in [0.2, 0.25) is 0 Å². The Bertz CT molecular complexity index is 777. The van der Waals surface area contributed by atoms with Crippen LogP contribution in [0.15, 0.2) is 36.5 Å². The monoisotopic (exact) mass is 298 g/mol. The van der Waals surface area contributed by atoms with E-state index in [1.165, 1.54) is 11.3 Å². The third kappa shape index (κ3) is 2.85. The summed E-state index contributed by atoms with van der Waals surface area (Å²) in [5.41, 5.74) is 3.40. The molecule has 0 saturated carbocycles. The molecule has 1 aromatic carbocycles. The molecule has 0 unspecified atom stereocenters. The van der Waals surface area contributed by atoms with E-state index in [0.717, 1.165) is 27.6 Å². The van der Waals surface area contributed by atoms with Crippen LogP contribution >= 0.6 is 11.3 Å². The van der Waals surface area contributed by atoms with Gasteiger partial charge in [-0.05, 0) is 32.0 Å². The Morgan fingerprint density at radius 3 is 2.81 bits per heavy atom. The van der Waals surface area contributed by atoms with Crippen molar-refractivity contribution in [3.8, 4) is 11.3 Å². The van der Waals surface area contributed by atoms with Crippen LogP contribution in [0, 0.1) is 13.8 Å². The minimum absolute atomic E-state index is 0.125. The molecule has 0 spiro atoms. The maximum absolute atomic E-state index is 12.3. The van der Waals surface area contributed by atoms with Gasteiger partial charge in [0.25, 0.3) is 5.91 Å². The first-order chi connectivity index (χ1) is 10.1. The first-order valence-electron chi connectivity index (χ1n) is 6.48. The largest absolute Gasteiger partial charge is 0.321 e. The van der Waals surface area contributed by atoms with Crippen LogP contribution in [0.4, 0.5) is 5.69 Å². The van der Waals surface area contributed by atoms with Crippen LogP contribution in [0.3, 0.4) is 0 Å². The molecule has 3 aromatic rings. The van der Waals surface area contributed by atoms with Crippen LogP contribution in [0.25, 0.3) is 11.3 Å². The van der Waals surface area contributed by atoms with Gasteiger partial charge in [0.2, 0.25) is 0 Å². The van der Waals surface area contributed by atoms with Gasteiger partial charge < -0.3 is 5.32 Å². The number of aromatic amines is 1. The molecule has 5 nitrogen and oxygen atoms in total. The van der Waals surface area contributed by atoms with Gasteiger partial charge in [0, 0.05) is 17.4 Å². The second-order valence-electron chi connectivity index (χ2n) is 4.65. The molecule has 0 fully saturated rings. The first kappa shape index (κ1) is 13.5. The summed E-state index contributed by atoms with van der Waals surface area (Å²) in [7, 11) is 0. The van der Waals surface area contributed by atoms with Crippen LogP contribution < -0.4 is 5.32 Å². The van der Waals surface area contributed by atoms with Gasteiger partial charge in [-0.3, -0.25) is 9.89 Å². The SMILES string of the molecule is Cc1nc(C)c(C(=O)Nc2cccc(-c3ccn[nH]3)c2)s1. The van der Waals surface area contributed by atoms with E-state index < -0.39 is 0 Å². The molecule has 0 saturated heterocycles. The van der Waals surface area contributed by atoms with Gasteiger partial charge in [-0.15, -0.1) is 11.3 Å². The zero-order chi connectivity index (χ0) is 14.8. The van der Waals surface area contributed by atoms with Gasteiger partial charge in [-0.25, -0.2) is 4.98 Å². The van der Waals surface area contributed by atoms with Crippen molar-refractivity contribution in [2.45, 2.75) is 13.8 Å². The molecule has 0 aliphatic rings. The number of aryl methyl sites for hydroxylation is 2. The normalized spacial score (nSPS) is 10.6. The van der Waals surface area contributed by atoms with Crippen molar-refractivity contribution in [3.63, 3.8) is 0 Å². The number of thiazole rings is 1. The number of hydrogen-bond acceptors (Lipinski definition) is 4. The molecule has 6 heteroatoms. The Morgan fingerprint density at radius 2 is 2.14 bits per heavy atom. The minimum atomic E-state index is -0.125. The summed E-state index contributed by atoms with van der Waals surface area (Å²) >= 11 is 1.40. The lowest BCUT2D eigenvalue weighted by molar-refractivity contribution is 0.103. The number of carbonyl (C=O) groups excluding carboxylic acids is 1. The van der Waals surface area contributed by atoms with Crippen molar-refractivity contribution in [2.24, 2.45) is 0 Å². The topological polar surface area (TPSA) is 70.7 Å². The third-order valence-corrected chi connectivity index (χ3v) is 4.11. The Balaban J connectivity index is 1.84. The van der Waals surface area contributed by atoms with Crippen LogP contribution in [-0.2, 0) is 0 Å². The molecular weight excluding hydrogens is 284 g/mol. The smallest absolute Gasteiger partial charge is 0.267 e. The van der Waals surface area contributed by atoms with E-state index in [4.69, 9.17) is 0 Å². The predicted octanol–water partition coefficient (Wildman–Crippen LogP) is 3.40. The maximum Gasteiger partial charge on any atom is 0.267 e. The minimum Gasteiger partial charge on any atom is -0.321 e. The van der Waals surface area contributed by atoms with Gasteiger partial charge in [0.05, 0.1) is 16.4 Å². The summed E-state index contributed by atoms with van der Waals surface area (Å²) in [5, 5.41) is 10.6. The van der Waals surface area contributed by atoms with Crippen molar-refractivity contribution >= 4 is 22.9 Å². The standard InChI is InChI=1S/C15H14N4OS/c1-9-14(21-10(2)17-9)15(20)18-12-5-3-4-11(8-12)13-6-7-16-19-13/h3-8H,1-2H3,(H,16,19)(H,18,20). The van der Waals surface area contributed by atoms with Crippen molar-refractivity contribution < 1.29 is 4.79 Å². The summed E-state index contributed by atoms with van der Waals surface area (Å²) in [6.45, 7) is 3.74. The van der Waals surface area contributed by atoms with E-state index >= 15 is 0 Å². The molecule has 0 atom stereocenters. The molecule has 2 N–H and O–H groups in total. The summed E-state index contributed by atoms with van der Waals surface area (Å²) in [4.78, 5) is 17.2. The first-order valence-corrected chi connectivity index (χ1v) is 7.30. The number of carbonyl (C=O) groups is 1. The van der Waals surface area contributed by atoms with E-state index in [9.17, 15) is 4.79 Å². The van der Waals surface area contributed by atoms with Gasteiger partial charge in [0.15, 0.2) is 0 Å². The van der Waals surface area contributed by atoms with Crippen LogP contribution in [0.5, 0.6) is 0 Å². The van der Waals surface area contributed by atoms with Crippen molar-refractivity contribution in [2.75, 3.05) is 5.32 Å². The van der Waals surface area contributed by atoms with Gasteiger partial charge in [-0.2, -0.15) is 5.10 Å². The average molecular weight is 298 g/mol. The van der Waals surface area contributed by atoms with Crippen LogP contribution in [0.1, 0.15) is 20.4 Å². The fourth-order valence-electron chi connectivity index (χ4n) is 2.11.